The van der Waals surface area contributed by atoms with Crippen molar-refractivity contribution in [2.75, 3.05) is 30.9 Å². The molecule has 4 N–H and O–H groups in total. The maximum atomic E-state index is 11.5. The van der Waals surface area contributed by atoms with E-state index in [0.29, 0.717) is 5.69 Å². The van der Waals surface area contributed by atoms with Crippen LogP contribution < -0.4 is 16.0 Å². The third-order valence-electron chi connectivity index (χ3n) is 4.84. The summed E-state index contributed by atoms with van der Waals surface area (Å²) in [5.41, 5.74) is 9.97. The van der Waals surface area contributed by atoms with Crippen molar-refractivity contribution in [1.82, 2.24) is 9.97 Å². The Hall–Kier alpha value is -2.54. The maximum absolute atomic E-state index is 11.5. The molecule has 0 unspecified atom stereocenters. The second-order valence-corrected chi connectivity index (χ2v) is 6.76. The maximum Gasteiger partial charge on any atom is 0.411 e. The number of benzene rings is 1. The van der Waals surface area contributed by atoms with Gasteiger partial charge in [-0.2, -0.15) is 0 Å². The zero-order valence-corrected chi connectivity index (χ0v) is 15.4. The minimum absolute atomic E-state index is 0.0639. The Balaban J connectivity index is 1.99. The monoisotopic (exact) mass is 357 g/mol. The molecule has 7 heteroatoms. The van der Waals surface area contributed by atoms with Crippen LogP contribution in [0.25, 0.3) is 11.3 Å². The Labute approximate surface area is 153 Å². The number of ether oxygens (including phenoxy) is 1. The summed E-state index contributed by atoms with van der Waals surface area (Å²) < 4.78 is 4.69. The van der Waals surface area contributed by atoms with Crippen molar-refractivity contribution >= 4 is 17.5 Å². The zero-order valence-electron chi connectivity index (χ0n) is 15.4. The van der Waals surface area contributed by atoms with E-state index in [2.05, 4.69) is 27.2 Å². The number of fused-ring (bicyclic) bond motifs is 4. The number of carbonyl (C=O) groups excluding carboxylic acids is 1. The summed E-state index contributed by atoms with van der Waals surface area (Å²) in [5, 5.41) is 2.73. The van der Waals surface area contributed by atoms with Gasteiger partial charge in [-0.05, 0) is 31.0 Å². The van der Waals surface area contributed by atoms with Crippen molar-refractivity contribution in [1.29, 1.82) is 0 Å². The van der Waals surface area contributed by atoms with Gasteiger partial charge in [-0.1, -0.05) is 19.3 Å². The van der Waals surface area contributed by atoms with Crippen LogP contribution >= 0.6 is 0 Å². The Bertz CT molecular complexity index is 758. The average molecular weight is 357 g/mol. The van der Waals surface area contributed by atoms with Crippen LogP contribution in [-0.2, 0) is 4.74 Å². The molecule has 1 aliphatic heterocycles. The smallest absolute Gasteiger partial charge is 0.411 e. The highest BCUT2D eigenvalue weighted by Gasteiger charge is 2.17. The lowest BCUT2D eigenvalue weighted by molar-refractivity contribution is 0.187. The lowest BCUT2D eigenvalue weighted by atomic mass is 10.1. The Morgan fingerprint density at radius 3 is 2.96 bits per heavy atom. The van der Waals surface area contributed by atoms with Gasteiger partial charge in [0.05, 0.1) is 25.0 Å². The summed E-state index contributed by atoms with van der Waals surface area (Å²) >= 11 is 0. The predicted molar refractivity (Wildman–Crippen MR) is 103 cm³/mol. The van der Waals surface area contributed by atoms with Gasteiger partial charge in [0, 0.05) is 30.5 Å². The fourth-order valence-corrected chi connectivity index (χ4v) is 3.31. The molecule has 0 saturated heterocycles. The third kappa shape index (κ3) is 4.16. The van der Waals surface area contributed by atoms with Crippen LogP contribution in [0, 0.1) is 0 Å². The van der Waals surface area contributed by atoms with Crippen molar-refractivity contribution in [2.24, 2.45) is 5.73 Å². The van der Waals surface area contributed by atoms with E-state index in [-0.39, 0.29) is 6.04 Å². The van der Waals surface area contributed by atoms with Crippen molar-refractivity contribution in [3.05, 3.63) is 30.2 Å². The molecular formula is C19H27N5O2. The minimum Gasteiger partial charge on any atom is -0.453 e. The van der Waals surface area contributed by atoms with Gasteiger partial charge in [0.2, 0.25) is 0 Å². The lowest BCUT2D eigenvalue weighted by Crippen LogP contribution is -2.20. The summed E-state index contributed by atoms with van der Waals surface area (Å²) in [4.78, 5) is 21.6. The van der Waals surface area contributed by atoms with Gasteiger partial charge in [0.15, 0.2) is 0 Å². The molecule has 1 aromatic heterocycles. The molecule has 2 aromatic rings. The molecule has 7 nitrogen and oxygen atoms in total. The molecule has 1 aromatic carbocycles. The summed E-state index contributed by atoms with van der Waals surface area (Å²) in [6.45, 7) is 0.946. The van der Waals surface area contributed by atoms with Crippen LogP contribution in [-0.4, -0.2) is 36.8 Å². The highest BCUT2D eigenvalue weighted by molar-refractivity contribution is 5.88. The van der Waals surface area contributed by atoms with Crippen molar-refractivity contribution in [3.8, 4) is 11.3 Å². The first kappa shape index (κ1) is 18.3. The number of hydrogen-bond acceptors (Lipinski definition) is 5. The first-order valence-corrected chi connectivity index (χ1v) is 9.09. The second-order valence-electron chi connectivity index (χ2n) is 6.76. The molecule has 2 bridgehead atoms. The highest BCUT2D eigenvalue weighted by Crippen LogP contribution is 2.33. The Kier molecular flexibility index (Phi) is 5.78. The summed E-state index contributed by atoms with van der Waals surface area (Å²) in [5.74, 6) is 0.824. The van der Waals surface area contributed by atoms with E-state index in [1.165, 1.54) is 20.0 Å². The van der Waals surface area contributed by atoms with Gasteiger partial charge in [-0.3, -0.25) is 5.32 Å². The topological polar surface area (TPSA) is 96.3 Å². The van der Waals surface area contributed by atoms with E-state index in [1.807, 2.05) is 24.4 Å². The Morgan fingerprint density at radius 2 is 2.15 bits per heavy atom. The van der Waals surface area contributed by atoms with E-state index >= 15 is 0 Å². The van der Waals surface area contributed by atoms with E-state index in [0.717, 1.165) is 48.6 Å². The Morgan fingerprint density at radius 1 is 1.35 bits per heavy atom. The van der Waals surface area contributed by atoms with Crippen molar-refractivity contribution in [2.45, 2.75) is 38.1 Å². The molecule has 0 radical (unpaired) electrons. The van der Waals surface area contributed by atoms with E-state index in [1.54, 1.807) is 0 Å². The average Bonchev–Trinajstić information content (AvgIpc) is 3.13. The van der Waals surface area contributed by atoms with Crippen LogP contribution in [0.15, 0.2) is 24.4 Å². The summed E-state index contributed by atoms with van der Waals surface area (Å²) in [6, 6.07) is 5.75. The second kappa shape index (κ2) is 8.23. The quantitative estimate of drug-likeness (QED) is 0.724. The number of rotatable bonds is 1. The first-order chi connectivity index (χ1) is 12.6. The minimum atomic E-state index is -0.480. The van der Waals surface area contributed by atoms with E-state index in [4.69, 9.17) is 10.5 Å². The largest absolute Gasteiger partial charge is 0.453 e. The van der Waals surface area contributed by atoms with E-state index < -0.39 is 6.09 Å². The lowest BCUT2D eigenvalue weighted by Gasteiger charge is -2.23. The molecule has 26 heavy (non-hydrogen) atoms. The van der Waals surface area contributed by atoms with Crippen LogP contribution in [0.4, 0.5) is 16.2 Å². The molecule has 1 atom stereocenters. The SMILES string of the molecule is COC(=O)Nc1ccc2c(c1)N(C)CCCCCC[C@H](N)c1ncc-2[nH]1. The van der Waals surface area contributed by atoms with Gasteiger partial charge >= 0.3 is 6.09 Å². The van der Waals surface area contributed by atoms with E-state index in [9.17, 15) is 4.79 Å². The standard InChI is InChI=1S/C19H27N5O2/c1-24-10-6-4-3-5-7-15(20)18-21-12-16(23-18)14-9-8-13(11-17(14)24)22-19(25)26-2/h8-9,11-12,15H,3-7,10,20H2,1-2H3,(H,21,23)(H,22,25)/t15-/m0/s1. The number of aromatic nitrogens is 2. The number of nitrogens with one attached hydrogen (secondary N) is 2. The fraction of sp³-hybridized carbons (Fsp3) is 0.474. The highest BCUT2D eigenvalue weighted by atomic mass is 16.5. The molecule has 0 spiro atoms. The number of methoxy groups -OCH3 is 1. The van der Waals surface area contributed by atoms with Gasteiger partial charge in [-0.25, -0.2) is 9.78 Å². The number of anilines is 2. The van der Waals surface area contributed by atoms with Crippen molar-refractivity contribution < 1.29 is 9.53 Å². The fourth-order valence-electron chi connectivity index (χ4n) is 3.31. The third-order valence-corrected chi connectivity index (χ3v) is 4.84. The normalized spacial score (nSPS) is 18.1. The number of nitrogens with zero attached hydrogens (tertiary/aromatic N) is 2. The van der Waals surface area contributed by atoms with Crippen LogP contribution in [0.5, 0.6) is 0 Å². The summed E-state index contributed by atoms with van der Waals surface area (Å²) in [7, 11) is 3.43. The van der Waals surface area contributed by atoms with Gasteiger partial charge in [0.25, 0.3) is 0 Å². The number of hydrogen-bond donors (Lipinski definition) is 3. The molecule has 1 aliphatic rings. The number of imidazole rings is 1. The van der Waals surface area contributed by atoms with Crippen molar-refractivity contribution in [3.63, 3.8) is 0 Å². The van der Waals surface area contributed by atoms with Gasteiger partial charge < -0.3 is 20.4 Å². The van der Waals surface area contributed by atoms with Gasteiger partial charge in [0.1, 0.15) is 5.82 Å². The molecular weight excluding hydrogens is 330 g/mol. The number of nitrogens with two attached hydrogens (primary N) is 1. The molecule has 0 fully saturated rings. The number of aromatic amines is 1. The predicted octanol–water partition coefficient (Wildman–Crippen LogP) is 3.66. The summed E-state index contributed by atoms with van der Waals surface area (Å²) in [6.07, 6.45) is 6.88. The van der Waals surface area contributed by atoms with Crippen LogP contribution in [0.3, 0.4) is 0 Å². The number of carbonyl (C=O) groups is 1. The molecule has 0 saturated carbocycles. The first-order valence-electron chi connectivity index (χ1n) is 9.09. The molecule has 2 heterocycles. The number of amides is 1. The molecule has 140 valence electrons. The number of H-pyrrole nitrogens is 1. The molecule has 0 aliphatic carbocycles. The van der Waals surface area contributed by atoms with Gasteiger partial charge in [-0.15, -0.1) is 0 Å². The molecule has 3 rings (SSSR count). The zero-order chi connectivity index (χ0) is 18.5. The molecule has 1 amide bonds. The van der Waals surface area contributed by atoms with Crippen LogP contribution in [0.2, 0.25) is 0 Å². The van der Waals surface area contributed by atoms with Crippen LogP contribution in [0.1, 0.15) is 44.0 Å².